The average Bonchev–Trinajstić information content (AvgIpc) is 3.11. The molecule has 1 N–H and O–H groups in total. The molecule has 150 valence electrons. The van der Waals surface area contributed by atoms with Crippen molar-refractivity contribution in [2.75, 3.05) is 0 Å². The number of hydrogen-bond acceptors (Lipinski definition) is 3. The number of nitrogens with one attached hydrogen (secondary N) is 1. The van der Waals surface area contributed by atoms with Crippen molar-refractivity contribution in [3.8, 4) is 0 Å². The molecule has 0 bridgehead atoms. The van der Waals surface area contributed by atoms with Gasteiger partial charge in [0.05, 0.1) is 0 Å². The van der Waals surface area contributed by atoms with Crippen molar-refractivity contribution in [1.29, 1.82) is 0 Å². The highest BCUT2D eigenvalue weighted by molar-refractivity contribution is 9.11. The number of fused-ring (bicyclic) bond motifs is 1. The van der Waals surface area contributed by atoms with Crippen LogP contribution < -0.4 is 5.56 Å². The SMILES string of the molecule is CC1=CC(Br)=CC(c2ccccc2F)C1(C)S(=O)(=O)n1ccc2cc[nH]c(=O)c21. The predicted octanol–water partition coefficient (Wildman–Crippen LogP) is 4.43. The number of hydrogen-bond donors (Lipinski definition) is 1. The summed E-state index contributed by atoms with van der Waals surface area (Å²) in [5.74, 6) is -1.28. The fourth-order valence-corrected chi connectivity index (χ4v) is 6.56. The first-order valence-electron chi connectivity index (χ1n) is 8.92. The molecule has 0 spiro atoms. The molecule has 0 aliphatic heterocycles. The lowest BCUT2D eigenvalue weighted by Gasteiger charge is -2.39. The lowest BCUT2D eigenvalue weighted by atomic mass is 9.79. The molecular weight excluding hydrogens is 459 g/mol. The number of benzene rings is 1. The Hall–Kier alpha value is -2.45. The monoisotopic (exact) mass is 476 g/mol. The highest BCUT2D eigenvalue weighted by Crippen LogP contribution is 2.47. The largest absolute Gasteiger partial charge is 0.327 e. The molecule has 2 heterocycles. The number of allylic oxidation sites excluding steroid dienone is 3. The molecule has 29 heavy (non-hydrogen) atoms. The molecular formula is C21H18BrFN2O3S. The third-order valence-corrected chi connectivity index (χ3v) is 8.63. The maximum absolute atomic E-state index is 14.7. The lowest BCUT2D eigenvalue weighted by Crippen LogP contribution is -2.46. The van der Waals surface area contributed by atoms with Gasteiger partial charge in [-0.3, -0.25) is 4.79 Å². The van der Waals surface area contributed by atoms with Crippen LogP contribution in [-0.2, 0) is 10.0 Å². The number of aromatic amines is 1. The van der Waals surface area contributed by atoms with Crippen molar-refractivity contribution < 1.29 is 12.8 Å². The molecule has 5 nitrogen and oxygen atoms in total. The number of H-pyrrole nitrogens is 1. The standard InChI is InChI=1S/C21H18BrFN2O3S/c1-13-11-15(22)12-17(16-5-3-4-6-18(16)23)21(13,2)29(27,28)25-10-8-14-7-9-24-20(26)19(14)25/h3-12,17H,1-2H3,(H,24,26). The maximum Gasteiger partial charge on any atom is 0.273 e. The van der Waals surface area contributed by atoms with E-state index in [1.807, 2.05) is 0 Å². The number of rotatable bonds is 3. The molecule has 2 unspecified atom stereocenters. The molecule has 2 aromatic heterocycles. The summed E-state index contributed by atoms with van der Waals surface area (Å²) in [5, 5.41) is 0.512. The molecule has 3 aromatic rings. The van der Waals surface area contributed by atoms with Gasteiger partial charge in [-0.1, -0.05) is 40.2 Å². The van der Waals surface area contributed by atoms with Gasteiger partial charge in [0.1, 0.15) is 16.1 Å². The maximum atomic E-state index is 14.7. The number of pyridine rings is 1. The van der Waals surface area contributed by atoms with Crippen LogP contribution in [0.15, 0.2) is 75.8 Å². The van der Waals surface area contributed by atoms with Crippen LogP contribution >= 0.6 is 15.9 Å². The van der Waals surface area contributed by atoms with E-state index >= 15 is 0 Å². The molecule has 0 radical (unpaired) electrons. The van der Waals surface area contributed by atoms with Crippen LogP contribution in [-0.4, -0.2) is 22.1 Å². The quantitative estimate of drug-likeness (QED) is 0.607. The summed E-state index contributed by atoms with van der Waals surface area (Å²) in [5.41, 5.74) is 0.349. The van der Waals surface area contributed by atoms with Gasteiger partial charge in [-0.2, -0.15) is 0 Å². The summed E-state index contributed by atoms with van der Waals surface area (Å²) in [6.07, 6.45) is 6.25. The molecule has 1 aromatic carbocycles. The minimum Gasteiger partial charge on any atom is -0.327 e. The van der Waals surface area contributed by atoms with Gasteiger partial charge in [0, 0.05) is 28.2 Å². The van der Waals surface area contributed by atoms with E-state index in [1.54, 1.807) is 56.3 Å². The van der Waals surface area contributed by atoms with E-state index in [2.05, 4.69) is 20.9 Å². The highest BCUT2D eigenvalue weighted by Gasteiger charge is 2.51. The molecule has 0 saturated carbocycles. The Labute approximate surface area is 175 Å². The van der Waals surface area contributed by atoms with Gasteiger partial charge in [-0.05, 0) is 49.3 Å². The Balaban J connectivity index is 2.02. The molecule has 4 rings (SSSR count). The second kappa shape index (κ2) is 6.81. The first-order chi connectivity index (χ1) is 13.7. The zero-order chi connectivity index (χ0) is 21.0. The molecule has 8 heteroatoms. The van der Waals surface area contributed by atoms with Crippen LogP contribution in [0.2, 0.25) is 0 Å². The van der Waals surface area contributed by atoms with Crippen molar-refractivity contribution in [2.45, 2.75) is 24.5 Å². The van der Waals surface area contributed by atoms with E-state index in [4.69, 9.17) is 0 Å². The van der Waals surface area contributed by atoms with Gasteiger partial charge in [0.2, 0.25) is 10.0 Å². The molecule has 1 aliphatic carbocycles. The van der Waals surface area contributed by atoms with Crippen LogP contribution in [0.5, 0.6) is 0 Å². The summed E-state index contributed by atoms with van der Waals surface area (Å²) in [6, 6.07) is 9.36. The normalized spacial score (nSPS) is 22.4. The Morgan fingerprint density at radius 1 is 1.21 bits per heavy atom. The molecule has 0 amide bonds. The van der Waals surface area contributed by atoms with Crippen LogP contribution in [0, 0.1) is 5.82 Å². The van der Waals surface area contributed by atoms with Crippen LogP contribution in [0.25, 0.3) is 10.9 Å². The summed E-state index contributed by atoms with van der Waals surface area (Å²) < 4.78 is 42.8. The van der Waals surface area contributed by atoms with E-state index < -0.39 is 32.1 Å². The fourth-order valence-electron chi connectivity index (χ4n) is 3.91. The number of halogens is 2. The molecule has 2 atom stereocenters. The third kappa shape index (κ3) is 2.85. The van der Waals surface area contributed by atoms with Gasteiger partial charge in [0.25, 0.3) is 5.56 Å². The van der Waals surface area contributed by atoms with Crippen LogP contribution in [0.3, 0.4) is 0 Å². The Bertz CT molecular complexity index is 1350. The zero-order valence-electron chi connectivity index (χ0n) is 15.7. The Morgan fingerprint density at radius 3 is 2.66 bits per heavy atom. The van der Waals surface area contributed by atoms with E-state index in [0.29, 0.717) is 15.4 Å². The summed E-state index contributed by atoms with van der Waals surface area (Å²) >= 11 is 3.42. The van der Waals surface area contributed by atoms with E-state index in [-0.39, 0.29) is 11.1 Å². The van der Waals surface area contributed by atoms with Gasteiger partial charge in [0.15, 0.2) is 0 Å². The van der Waals surface area contributed by atoms with Gasteiger partial charge >= 0.3 is 0 Å². The topological polar surface area (TPSA) is 71.9 Å². The number of aromatic nitrogens is 2. The lowest BCUT2D eigenvalue weighted by molar-refractivity contribution is 0.511. The fraction of sp³-hybridized carbons (Fsp3) is 0.190. The van der Waals surface area contributed by atoms with Gasteiger partial charge < -0.3 is 4.98 Å². The van der Waals surface area contributed by atoms with E-state index in [0.717, 1.165) is 3.97 Å². The van der Waals surface area contributed by atoms with Crippen LogP contribution in [0.4, 0.5) is 4.39 Å². The summed E-state index contributed by atoms with van der Waals surface area (Å²) in [4.78, 5) is 14.9. The van der Waals surface area contributed by atoms with Crippen molar-refractivity contribution in [1.82, 2.24) is 8.96 Å². The predicted molar refractivity (Wildman–Crippen MR) is 115 cm³/mol. The second-order valence-electron chi connectivity index (χ2n) is 7.21. The van der Waals surface area contributed by atoms with Crippen LogP contribution in [0.1, 0.15) is 25.3 Å². The van der Waals surface area contributed by atoms with Gasteiger partial charge in [-0.15, -0.1) is 0 Å². The zero-order valence-corrected chi connectivity index (χ0v) is 18.1. The molecule has 0 fully saturated rings. The molecule has 1 aliphatic rings. The molecule has 0 saturated heterocycles. The second-order valence-corrected chi connectivity index (χ2v) is 10.3. The first kappa shape index (κ1) is 19.8. The van der Waals surface area contributed by atoms with Gasteiger partial charge in [-0.25, -0.2) is 16.8 Å². The van der Waals surface area contributed by atoms with Crippen molar-refractivity contribution >= 4 is 36.9 Å². The Morgan fingerprint density at radius 2 is 1.93 bits per heavy atom. The average molecular weight is 477 g/mol. The summed E-state index contributed by atoms with van der Waals surface area (Å²) in [7, 11) is -4.16. The van der Waals surface area contributed by atoms with Crippen molar-refractivity contribution in [3.05, 3.63) is 92.7 Å². The van der Waals surface area contributed by atoms with E-state index in [9.17, 15) is 17.6 Å². The minimum atomic E-state index is -4.16. The van der Waals surface area contributed by atoms with E-state index in [1.165, 1.54) is 18.5 Å². The minimum absolute atomic E-state index is 0.0439. The highest BCUT2D eigenvalue weighted by atomic mass is 79.9. The van der Waals surface area contributed by atoms with Crippen molar-refractivity contribution in [3.63, 3.8) is 0 Å². The third-order valence-electron chi connectivity index (χ3n) is 5.67. The van der Waals surface area contributed by atoms with Crippen molar-refractivity contribution in [2.24, 2.45) is 0 Å². The Kier molecular flexibility index (Phi) is 4.66. The summed E-state index contributed by atoms with van der Waals surface area (Å²) in [6.45, 7) is 3.28. The number of nitrogens with zero attached hydrogens (tertiary/aromatic N) is 1. The first-order valence-corrected chi connectivity index (χ1v) is 11.2. The smallest absolute Gasteiger partial charge is 0.273 e.